The summed E-state index contributed by atoms with van der Waals surface area (Å²) in [6.07, 6.45) is 0. The topological polar surface area (TPSA) is 128 Å². The maximum absolute atomic E-state index is 12.0. The van der Waals surface area contributed by atoms with Crippen molar-refractivity contribution in [2.45, 2.75) is 13.0 Å². The molecule has 0 heterocycles. The summed E-state index contributed by atoms with van der Waals surface area (Å²) >= 11 is 3.33. The molecule has 0 bridgehead atoms. The highest BCUT2D eigenvalue weighted by Crippen LogP contribution is 2.16. The molecule has 0 saturated carbocycles. The van der Waals surface area contributed by atoms with Crippen molar-refractivity contribution in [1.29, 1.82) is 0 Å². The molecule has 2 amide bonds. The van der Waals surface area contributed by atoms with E-state index in [0.717, 1.165) is 16.1 Å². The van der Waals surface area contributed by atoms with Gasteiger partial charge in [-0.1, -0.05) is 34.1 Å². The Morgan fingerprint density at radius 2 is 1.86 bits per heavy atom. The van der Waals surface area contributed by atoms with E-state index in [9.17, 15) is 24.5 Å². The van der Waals surface area contributed by atoms with Gasteiger partial charge in [0.15, 0.2) is 6.61 Å². The third-order valence-electron chi connectivity index (χ3n) is 3.82. The summed E-state index contributed by atoms with van der Waals surface area (Å²) in [4.78, 5) is 45.7. The highest BCUT2D eigenvalue weighted by Gasteiger charge is 2.15. The van der Waals surface area contributed by atoms with Gasteiger partial charge in [0.25, 0.3) is 17.5 Å². The molecule has 2 N–H and O–H groups in total. The van der Waals surface area contributed by atoms with Crippen LogP contribution in [0.5, 0.6) is 0 Å². The molecule has 0 aliphatic heterocycles. The molecule has 0 aliphatic carbocycles. The molecule has 2 rings (SSSR count). The second-order valence-corrected chi connectivity index (χ2v) is 6.91. The summed E-state index contributed by atoms with van der Waals surface area (Å²) in [5.74, 6) is -1.96. The largest absolute Gasteiger partial charge is 0.454 e. The first kappa shape index (κ1) is 22.0. The molecule has 2 aromatic carbocycles. The van der Waals surface area contributed by atoms with Crippen LogP contribution in [0.3, 0.4) is 0 Å². The first-order valence-electron chi connectivity index (χ1n) is 8.49. The fourth-order valence-electron chi connectivity index (χ4n) is 2.33. The van der Waals surface area contributed by atoms with Crippen LogP contribution in [0.1, 0.15) is 28.9 Å². The van der Waals surface area contributed by atoms with Crippen molar-refractivity contribution in [3.8, 4) is 0 Å². The van der Waals surface area contributed by atoms with E-state index in [0.29, 0.717) is 0 Å². The molecule has 29 heavy (non-hydrogen) atoms. The predicted octanol–water partition coefficient (Wildman–Crippen LogP) is 2.51. The normalized spacial score (nSPS) is 11.2. The van der Waals surface area contributed by atoms with Crippen molar-refractivity contribution in [2.75, 3.05) is 13.2 Å². The molecule has 0 aromatic heterocycles. The van der Waals surface area contributed by atoms with Crippen LogP contribution in [0.2, 0.25) is 0 Å². The highest BCUT2D eigenvalue weighted by molar-refractivity contribution is 9.10. The number of rotatable bonds is 8. The molecule has 10 heteroatoms. The van der Waals surface area contributed by atoms with Crippen molar-refractivity contribution in [3.05, 3.63) is 74.2 Å². The van der Waals surface area contributed by atoms with Crippen LogP contribution < -0.4 is 10.6 Å². The molecule has 0 spiro atoms. The molecule has 9 nitrogen and oxygen atoms in total. The van der Waals surface area contributed by atoms with Crippen LogP contribution in [0.15, 0.2) is 53.0 Å². The molecule has 0 fully saturated rings. The van der Waals surface area contributed by atoms with E-state index in [1.54, 1.807) is 6.92 Å². The van der Waals surface area contributed by atoms with Crippen LogP contribution in [-0.2, 0) is 14.3 Å². The van der Waals surface area contributed by atoms with E-state index >= 15 is 0 Å². The van der Waals surface area contributed by atoms with E-state index in [1.165, 1.54) is 18.2 Å². The van der Waals surface area contributed by atoms with Crippen LogP contribution in [0.25, 0.3) is 0 Å². The highest BCUT2D eigenvalue weighted by atomic mass is 79.9. The minimum atomic E-state index is -0.810. The Bertz CT molecular complexity index is 916. The van der Waals surface area contributed by atoms with E-state index < -0.39 is 35.9 Å². The van der Waals surface area contributed by atoms with E-state index in [2.05, 4.69) is 26.6 Å². The van der Waals surface area contributed by atoms with Gasteiger partial charge in [0.1, 0.15) is 6.54 Å². The summed E-state index contributed by atoms with van der Waals surface area (Å²) in [5, 5.41) is 15.7. The number of ether oxygens (including phenoxy) is 1. The van der Waals surface area contributed by atoms with Crippen molar-refractivity contribution >= 4 is 39.4 Å². The molecule has 2 aromatic rings. The number of benzene rings is 2. The summed E-state index contributed by atoms with van der Waals surface area (Å²) in [6.45, 7) is 0.825. The van der Waals surface area contributed by atoms with Gasteiger partial charge >= 0.3 is 5.97 Å². The Kier molecular flexibility index (Phi) is 7.84. The van der Waals surface area contributed by atoms with E-state index in [-0.39, 0.29) is 17.3 Å². The number of nitrogens with one attached hydrogen (secondary N) is 2. The Morgan fingerprint density at radius 3 is 2.52 bits per heavy atom. The lowest BCUT2D eigenvalue weighted by atomic mass is 10.1. The van der Waals surface area contributed by atoms with E-state index in [1.807, 2.05) is 24.3 Å². The van der Waals surface area contributed by atoms with E-state index in [4.69, 9.17) is 4.74 Å². The number of amides is 2. The predicted molar refractivity (Wildman–Crippen MR) is 107 cm³/mol. The van der Waals surface area contributed by atoms with Gasteiger partial charge in [0, 0.05) is 22.2 Å². The van der Waals surface area contributed by atoms with Crippen LogP contribution in [0, 0.1) is 10.1 Å². The van der Waals surface area contributed by atoms with Crippen LogP contribution >= 0.6 is 15.9 Å². The number of esters is 1. The monoisotopic (exact) mass is 463 g/mol. The van der Waals surface area contributed by atoms with Crippen LogP contribution in [0.4, 0.5) is 5.69 Å². The molecular weight excluding hydrogens is 446 g/mol. The van der Waals surface area contributed by atoms with Crippen molar-refractivity contribution in [2.24, 2.45) is 0 Å². The molecular formula is C19H18BrN3O6. The number of non-ortho nitro benzene ring substituents is 1. The van der Waals surface area contributed by atoms with Gasteiger partial charge in [-0.25, -0.2) is 0 Å². The number of hydrogen-bond acceptors (Lipinski definition) is 6. The molecule has 0 saturated heterocycles. The maximum Gasteiger partial charge on any atom is 0.325 e. The summed E-state index contributed by atoms with van der Waals surface area (Å²) < 4.78 is 5.74. The number of nitro groups is 1. The third kappa shape index (κ3) is 7.00. The Balaban J connectivity index is 1.75. The first-order valence-corrected chi connectivity index (χ1v) is 9.28. The fraction of sp³-hybridized carbons (Fsp3) is 0.211. The van der Waals surface area contributed by atoms with Gasteiger partial charge in [-0.15, -0.1) is 0 Å². The Morgan fingerprint density at radius 1 is 1.17 bits per heavy atom. The first-order chi connectivity index (χ1) is 13.8. The van der Waals surface area contributed by atoms with Crippen molar-refractivity contribution in [3.63, 3.8) is 0 Å². The Labute approximate surface area is 174 Å². The second kappa shape index (κ2) is 10.3. The third-order valence-corrected chi connectivity index (χ3v) is 4.35. The van der Waals surface area contributed by atoms with Crippen molar-refractivity contribution < 1.29 is 24.0 Å². The molecule has 0 radical (unpaired) electrons. The quantitative estimate of drug-likeness (QED) is 0.351. The zero-order valence-corrected chi connectivity index (χ0v) is 17.0. The lowest BCUT2D eigenvalue weighted by molar-refractivity contribution is -0.384. The zero-order chi connectivity index (χ0) is 21.4. The van der Waals surface area contributed by atoms with Gasteiger partial charge in [0.05, 0.1) is 11.0 Å². The number of halogens is 1. The fourth-order valence-corrected chi connectivity index (χ4v) is 2.59. The second-order valence-electron chi connectivity index (χ2n) is 5.99. The van der Waals surface area contributed by atoms with Gasteiger partial charge in [-0.05, 0) is 30.7 Å². The van der Waals surface area contributed by atoms with Crippen LogP contribution in [-0.4, -0.2) is 35.9 Å². The summed E-state index contributed by atoms with van der Waals surface area (Å²) in [7, 11) is 0. The number of carbonyl (C=O) groups excluding carboxylic acids is 3. The smallest absolute Gasteiger partial charge is 0.325 e. The van der Waals surface area contributed by atoms with Gasteiger partial charge in [-0.3, -0.25) is 24.5 Å². The lowest BCUT2D eigenvalue weighted by Crippen LogP contribution is -2.34. The zero-order valence-electron chi connectivity index (χ0n) is 15.4. The van der Waals surface area contributed by atoms with Gasteiger partial charge in [0.2, 0.25) is 0 Å². The minimum Gasteiger partial charge on any atom is -0.454 e. The molecule has 0 aliphatic rings. The minimum absolute atomic E-state index is 0.0352. The number of nitro benzene ring substituents is 1. The SMILES string of the molecule is CC(NC(=O)COC(=O)CNC(=O)c1cccc([N+](=O)[O-])c1)c1ccc(Br)cc1. The summed E-state index contributed by atoms with van der Waals surface area (Å²) in [5.41, 5.74) is 0.682. The number of carbonyl (C=O) groups is 3. The molecule has 152 valence electrons. The summed E-state index contributed by atoms with van der Waals surface area (Å²) in [6, 6.07) is 12.2. The van der Waals surface area contributed by atoms with Gasteiger partial charge < -0.3 is 15.4 Å². The van der Waals surface area contributed by atoms with Crippen molar-refractivity contribution in [1.82, 2.24) is 10.6 Å². The average molecular weight is 464 g/mol. The molecule has 1 unspecified atom stereocenters. The molecule has 1 atom stereocenters. The maximum atomic E-state index is 12.0. The average Bonchev–Trinajstić information content (AvgIpc) is 2.70. The number of nitrogens with zero attached hydrogens (tertiary/aromatic N) is 1. The lowest BCUT2D eigenvalue weighted by Gasteiger charge is -2.14. The Hall–Kier alpha value is -3.27. The number of hydrogen-bond donors (Lipinski definition) is 2. The standard InChI is InChI=1S/C19H18BrN3O6/c1-12(13-5-7-15(20)8-6-13)22-17(24)11-29-18(25)10-21-19(26)14-3-2-4-16(9-14)23(27)28/h2-9,12H,10-11H2,1H3,(H,21,26)(H,22,24). The van der Waals surface area contributed by atoms with Gasteiger partial charge in [-0.2, -0.15) is 0 Å².